The number of carbonyl (C=O) groups excluding carboxylic acids is 1. The standard InChI is InChI=1S/C16H15F2N3O2S/c17-8-1-4-13(10(18)5-8)24-14-7-19-16(23-14)15(22)21-12-6-9-2-3-11(12)20-9/h1,4-5,7,9,11-12,20H,2-3,6H2,(H,21,22)/t9-,11+,12-/m1/s1. The van der Waals surface area contributed by atoms with Gasteiger partial charge in [0.2, 0.25) is 0 Å². The fourth-order valence-electron chi connectivity index (χ4n) is 3.29. The molecule has 3 atom stereocenters. The highest BCUT2D eigenvalue weighted by molar-refractivity contribution is 7.99. The number of oxazole rings is 1. The van der Waals surface area contributed by atoms with Crippen LogP contribution >= 0.6 is 11.8 Å². The second kappa shape index (κ2) is 6.18. The summed E-state index contributed by atoms with van der Waals surface area (Å²) in [7, 11) is 0. The van der Waals surface area contributed by atoms with E-state index in [0.29, 0.717) is 12.1 Å². The van der Waals surface area contributed by atoms with Crippen molar-refractivity contribution in [3.05, 3.63) is 41.9 Å². The van der Waals surface area contributed by atoms with E-state index in [1.807, 2.05) is 0 Å². The first kappa shape index (κ1) is 15.6. The molecule has 1 aromatic carbocycles. The first-order chi connectivity index (χ1) is 11.6. The van der Waals surface area contributed by atoms with Gasteiger partial charge in [0, 0.05) is 24.2 Å². The molecule has 0 unspecified atom stereocenters. The zero-order valence-electron chi connectivity index (χ0n) is 12.6. The predicted molar refractivity (Wildman–Crippen MR) is 82.8 cm³/mol. The van der Waals surface area contributed by atoms with Crippen LogP contribution in [-0.2, 0) is 0 Å². The Hall–Kier alpha value is -1.93. The third-order valence-electron chi connectivity index (χ3n) is 4.40. The van der Waals surface area contributed by atoms with Crippen molar-refractivity contribution in [2.45, 2.75) is 47.4 Å². The number of amides is 1. The Labute approximate surface area is 141 Å². The third kappa shape index (κ3) is 3.03. The fourth-order valence-corrected chi connectivity index (χ4v) is 4.03. The van der Waals surface area contributed by atoms with Crippen molar-refractivity contribution in [3.63, 3.8) is 0 Å². The van der Waals surface area contributed by atoms with Crippen LogP contribution in [0.2, 0.25) is 0 Å². The predicted octanol–water partition coefficient (Wildman–Crippen LogP) is 2.73. The Morgan fingerprint density at radius 3 is 2.96 bits per heavy atom. The van der Waals surface area contributed by atoms with Crippen LogP contribution in [0.15, 0.2) is 38.8 Å². The highest BCUT2D eigenvalue weighted by atomic mass is 32.2. The molecule has 2 bridgehead atoms. The number of hydrogen-bond donors (Lipinski definition) is 2. The molecule has 1 amide bonds. The van der Waals surface area contributed by atoms with Gasteiger partial charge in [-0.2, -0.15) is 0 Å². The Bertz CT molecular complexity index is 782. The summed E-state index contributed by atoms with van der Waals surface area (Å²) in [5, 5.41) is 6.65. The van der Waals surface area contributed by atoms with Gasteiger partial charge in [-0.15, -0.1) is 0 Å². The van der Waals surface area contributed by atoms with Crippen molar-refractivity contribution in [3.8, 4) is 0 Å². The second-order valence-corrected chi connectivity index (χ2v) is 7.07. The molecule has 2 fully saturated rings. The molecule has 4 rings (SSSR count). The number of nitrogens with zero attached hydrogens (tertiary/aromatic N) is 1. The molecule has 1 aromatic heterocycles. The summed E-state index contributed by atoms with van der Waals surface area (Å²) in [4.78, 5) is 16.4. The van der Waals surface area contributed by atoms with Crippen LogP contribution in [0, 0.1) is 11.6 Å². The minimum Gasteiger partial charge on any atom is -0.425 e. The lowest BCUT2D eigenvalue weighted by Gasteiger charge is -2.20. The molecule has 3 heterocycles. The maximum atomic E-state index is 13.6. The lowest BCUT2D eigenvalue weighted by atomic mass is 9.95. The Morgan fingerprint density at radius 2 is 2.25 bits per heavy atom. The van der Waals surface area contributed by atoms with E-state index in [2.05, 4.69) is 15.6 Å². The minimum absolute atomic E-state index is 0.0530. The molecule has 8 heteroatoms. The van der Waals surface area contributed by atoms with Gasteiger partial charge < -0.3 is 15.1 Å². The number of fused-ring (bicyclic) bond motifs is 2. The van der Waals surface area contributed by atoms with Crippen LogP contribution in [0.5, 0.6) is 0 Å². The van der Waals surface area contributed by atoms with Crippen molar-refractivity contribution in [1.82, 2.24) is 15.6 Å². The summed E-state index contributed by atoms with van der Waals surface area (Å²) >= 11 is 0.953. The van der Waals surface area contributed by atoms with Crippen LogP contribution in [0.1, 0.15) is 29.9 Å². The van der Waals surface area contributed by atoms with E-state index in [1.165, 1.54) is 12.3 Å². The molecule has 0 saturated carbocycles. The summed E-state index contributed by atoms with van der Waals surface area (Å²) in [5.41, 5.74) is 0. The first-order valence-electron chi connectivity index (χ1n) is 7.74. The number of nitrogens with one attached hydrogen (secondary N) is 2. The average molecular weight is 351 g/mol. The van der Waals surface area contributed by atoms with E-state index in [0.717, 1.165) is 43.2 Å². The maximum absolute atomic E-state index is 13.6. The summed E-state index contributed by atoms with van der Waals surface area (Å²) < 4.78 is 31.9. The number of rotatable bonds is 4. The largest absolute Gasteiger partial charge is 0.425 e. The van der Waals surface area contributed by atoms with Gasteiger partial charge in [-0.05, 0) is 43.2 Å². The van der Waals surface area contributed by atoms with Crippen LogP contribution in [0.25, 0.3) is 0 Å². The summed E-state index contributed by atoms with van der Waals surface area (Å²) in [6.45, 7) is 0. The van der Waals surface area contributed by atoms with E-state index in [4.69, 9.17) is 4.42 Å². The van der Waals surface area contributed by atoms with E-state index in [1.54, 1.807) is 0 Å². The molecule has 2 N–H and O–H groups in total. The van der Waals surface area contributed by atoms with Crippen LogP contribution < -0.4 is 10.6 Å². The molecular weight excluding hydrogens is 336 g/mol. The highest BCUT2D eigenvalue weighted by Crippen LogP contribution is 2.31. The molecule has 2 aromatic rings. The molecule has 0 radical (unpaired) electrons. The van der Waals surface area contributed by atoms with Crippen molar-refractivity contribution >= 4 is 17.7 Å². The summed E-state index contributed by atoms with van der Waals surface area (Å²) in [6, 6.07) is 4.17. The smallest absolute Gasteiger partial charge is 0.307 e. The quantitative estimate of drug-likeness (QED) is 0.887. The Morgan fingerprint density at radius 1 is 1.38 bits per heavy atom. The number of halogens is 2. The lowest BCUT2D eigenvalue weighted by molar-refractivity contribution is 0.0890. The lowest BCUT2D eigenvalue weighted by Crippen LogP contribution is -2.43. The molecule has 5 nitrogen and oxygen atoms in total. The van der Waals surface area contributed by atoms with Crippen molar-refractivity contribution in [1.29, 1.82) is 0 Å². The number of aromatic nitrogens is 1. The topological polar surface area (TPSA) is 67.2 Å². The van der Waals surface area contributed by atoms with Crippen molar-refractivity contribution < 1.29 is 18.0 Å². The van der Waals surface area contributed by atoms with E-state index in [-0.39, 0.29) is 27.8 Å². The van der Waals surface area contributed by atoms with Gasteiger partial charge in [-0.1, -0.05) is 0 Å². The normalized spacial score (nSPS) is 25.2. The average Bonchev–Trinajstić information content (AvgIpc) is 3.26. The van der Waals surface area contributed by atoms with Gasteiger partial charge in [0.25, 0.3) is 5.89 Å². The molecule has 0 aliphatic carbocycles. The second-order valence-electron chi connectivity index (χ2n) is 6.02. The van der Waals surface area contributed by atoms with Gasteiger partial charge in [-0.3, -0.25) is 4.79 Å². The Balaban J connectivity index is 1.41. The number of carbonyl (C=O) groups is 1. The molecule has 2 saturated heterocycles. The first-order valence-corrected chi connectivity index (χ1v) is 8.56. The van der Waals surface area contributed by atoms with Gasteiger partial charge in [-0.25, -0.2) is 13.8 Å². The van der Waals surface area contributed by atoms with Gasteiger partial charge in [0.05, 0.1) is 11.1 Å². The summed E-state index contributed by atoms with van der Waals surface area (Å²) in [6.07, 6.45) is 4.49. The SMILES string of the molecule is O=C(N[C@@H]1C[C@H]2CC[C@@H]1N2)c1ncc(Sc2ccc(F)cc2F)o1. The van der Waals surface area contributed by atoms with E-state index >= 15 is 0 Å². The number of hydrogen-bond acceptors (Lipinski definition) is 5. The zero-order valence-corrected chi connectivity index (χ0v) is 13.4. The molecule has 24 heavy (non-hydrogen) atoms. The Kier molecular flexibility index (Phi) is 4.01. The highest BCUT2D eigenvalue weighted by Gasteiger charge is 2.40. The van der Waals surface area contributed by atoms with Crippen molar-refractivity contribution in [2.75, 3.05) is 0 Å². The van der Waals surface area contributed by atoms with Crippen LogP contribution in [0.3, 0.4) is 0 Å². The molecule has 126 valence electrons. The zero-order chi connectivity index (χ0) is 16.7. The van der Waals surface area contributed by atoms with Crippen LogP contribution in [0.4, 0.5) is 8.78 Å². The molecule has 2 aliphatic rings. The van der Waals surface area contributed by atoms with Gasteiger partial charge >= 0.3 is 5.91 Å². The molecular formula is C16H15F2N3O2S. The fraction of sp³-hybridized carbons (Fsp3) is 0.375. The van der Waals surface area contributed by atoms with Gasteiger partial charge in [0.1, 0.15) is 11.6 Å². The molecule has 2 aliphatic heterocycles. The van der Waals surface area contributed by atoms with E-state index < -0.39 is 11.6 Å². The minimum atomic E-state index is -0.685. The van der Waals surface area contributed by atoms with Gasteiger partial charge in [0.15, 0.2) is 5.09 Å². The maximum Gasteiger partial charge on any atom is 0.307 e. The molecule has 0 spiro atoms. The van der Waals surface area contributed by atoms with Crippen LogP contribution in [-0.4, -0.2) is 29.0 Å². The van der Waals surface area contributed by atoms with E-state index in [9.17, 15) is 13.6 Å². The van der Waals surface area contributed by atoms with Crippen molar-refractivity contribution in [2.24, 2.45) is 0 Å². The summed E-state index contributed by atoms with van der Waals surface area (Å²) in [5.74, 6) is -1.76. The third-order valence-corrected chi connectivity index (χ3v) is 5.34. The monoisotopic (exact) mass is 351 g/mol. The number of benzene rings is 1.